The van der Waals surface area contributed by atoms with Crippen LogP contribution in [0.2, 0.25) is 0 Å². The van der Waals surface area contributed by atoms with Crippen LogP contribution in [0.5, 0.6) is 0 Å². The Morgan fingerprint density at radius 1 is 1.24 bits per heavy atom. The van der Waals surface area contributed by atoms with Gasteiger partial charge in [-0.3, -0.25) is 9.59 Å². The summed E-state index contributed by atoms with van der Waals surface area (Å²) in [5.74, 6) is -0.562. The molecule has 1 amide bonds. The van der Waals surface area contributed by atoms with Crippen LogP contribution in [0, 0.1) is 0 Å². The summed E-state index contributed by atoms with van der Waals surface area (Å²) >= 11 is 1.46. The molecule has 1 aromatic rings. The molecular weight excluding hydrogens is 344 g/mol. The quantitative estimate of drug-likeness (QED) is 0.720. The first-order valence-corrected chi connectivity index (χ1v) is 8.89. The van der Waals surface area contributed by atoms with Crippen molar-refractivity contribution in [2.24, 2.45) is 0 Å². The van der Waals surface area contributed by atoms with Gasteiger partial charge in [-0.1, -0.05) is 0 Å². The van der Waals surface area contributed by atoms with Gasteiger partial charge in [0.05, 0.1) is 12.7 Å². The Labute approximate surface area is 151 Å². The Morgan fingerprint density at radius 2 is 1.92 bits per heavy atom. The minimum absolute atomic E-state index is 0.269. The summed E-state index contributed by atoms with van der Waals surface area (Å²) in [4.78, 5) is 39.3. The van der Waals surface area contributed by atoms with Gasteiger partial charge in [0.25, 0.3) is 5.91 Å². The fourth-order valence-electron chi connectivity index (χ4n) is 2.35. The molecule has 1 heterocycles. The number of hydrogen-bond acceptors (Lipinski definition) is 7. The van der Waals surface area contributed by atoms with Crippen molar-refractivity contribution in [2.45, 2.75) is 5.25 Å². The fourth-order valence-corrected chi connectivity index (χ4v) is 3.48. The molecule has 1 aromatic carbocycles. The standard InChI is InChI=1S/C17H22N2O5S/c1-18(2)13-6-4-12(5-7-13)16(21)24-11-15(20)19-8-9-25-14(10-19)17(22)23-3/h4-7,14H,8-11H2,1-3H3/t14-/m1/s1. The van der Waals surface area contributed by atoms with Gasteiger partial charge < -0.3 is 19.3 Å². The number of carbonyl (C=O) groups excluding carboxylic acids is 3. The van der Waals surface area contributed by atoms with Crippen molar-refractivity contribution >= 4 is 35.3 Å². The van der Waals surface area contributed by atoms with Crippen LogP contribution in [-0.4, -0.2) is 74.7 Å². The molecule has 2 rings (SSSR count). The largest absolute Gasteiger partial charge is 0.468 e. The highest BCUT2D eigenvalue weighted by Gasteiger charge is 2.30. The lowest BCUT2D eigenvalue weighted by Gasteiger charge is -2.30. The summed E-state index contributed by atoms with van der Waals surface area (Å²) in [6.07, 6.45) is 0. The normalized spacial score (nSPS) is 16.9. The van der Waals surface area contributed by atoms with Crippen molar-refractivity contribution in [1.82, 2.24) is 4.90 Å². The van der Waals surface area contributed by atoms with Crippen molar-refractivity contribution in [3.05, 3.63) is 29.8 Å². The average Bonchev–Trinajstić information content (AvgIpc) is 2.65. The summed E-state index contributed by atoms with van der Waals surface area (Å²) in [5.41, 5.74) is 1.35. The molecule has 0 bridgehead atoms. The van der Waals surface area contributed by atoms with E-state index in [1.807, 2.05) is 19.0 Å². The van der Waals surface area contributed by atoms with Crippen molar-refractivity contribution in [2.75, 3.05) is 51.6 Å². The maximum absolute atomic E-state index is 12.2. The highest BCUT2D eigenvalue weighted by molar-refractivity contribution is 8.00. The van der Waals surface area contributed by atoms with Gasteiger partial charge in [-0.2, -0.15) is 0 Å². The first-order valence-electron chi connectivity index (χ1n) is 7.84. The molecule has 7 nitrogen and oxygen atoms in total. The monoisotopic (exact) mass is 366 g/mol. The van der Waals surface area contributed by atoms with Crippen LogP contribution in [0.1, 0.15) is 10.4 Å². The molecule has 0 N–H and O–H groups in total. The van der Waals surface area contributed by atoms with Gasteiger partial charge in [-0.15, -0.1) is 11.8 Å². The first-order chi connectivity index (χ1) is 11.9. The Bertz CT molecular complexity index is 632. The van der Waals surface area contributed by atoms with E-state index < -0.39 is 11.2 Å². The van der Waals surface area contributed by atoms with Gasteiger partial charge in [0.2, 0.25) is 0 Å². The summed E-state index contributed by atoms with van der Waals surface area (Å²) in [7, 11) is 5.14. The lowest BCUT2D eigenvalue weighted by molar-refractivity contribution is -0.141. The van der Waals surface area contributed by atoms with E-state index in [0.29, 0.717) is 17.9 Å². The highest BCUT2D eigenvalue weighted by atomic mass is 32.2. The van der Waals surface area contributed by atoms with Crippen molar-refractivity contribution in [1.29, 1.82) is 0 Å². The van der Waals surface area contributed by atoms with E-state index in [0.717, 1.165) is 5.69 Å². The minimum Gasteiger partial charge on any atom is -0.468 e. The van der Waals surface area contributed by atoms with Crippen molar-refractivity contribution < 1.29 is 23.9 Å². The molecule has 1 atom stereocenters. The van der Waals surface area contributed by atoms with Crippen LogP contribution in [0.3, 0.4) is 0 Å². The van der Waals surface area contributed by atoms with Crippen LogP contribution in [0.25, 0.3) is 0 Å². The molecule has 8 heteroatoms. The zero-order valence-electron chi connectivity index (χ0n) is 14.6. The second-order valence-electron chi connectivity index (χ2n) is 5.74. The summed E-state index contributed by atoms with van der Waals surface area (Å²) in [6, 6.07) is 6.93. The number of methoxy groups -OCH3 is 1. The molecule has 136 valence electrons. The predicted octanol–water partition coefficient (Wildman–Crippen LogP) is 1.03. The SMILES string of the molecule is COC(=O)[C@H]1CN(C(=O)COC(=O)c2ccc(N(C)C)cc2)CCS1. The number of thioether (sulfide) groups is 1. The molecule has 0 saturated carbocycles. The molecule has 0 radical (unpaired) electrons. The molecule has 0 spiro atoms. The van der Waals surface area contributed by atoms with E-state index >= 15 is 0 Å². The molecule has 0 aliphatic carbocycles. The van der Waals surface area contributed by atoms with E-state index in [4.69, 9.17) is 9.47 Å². The second-order valence-corrected chi connectivity index (χ2v) is 7.05. The Kier molecular flexibility index (Phi) is 6.69. The number of amides is 1. The van der Waals surface area contributed by atoms with Gasteiger partial charge in [0.15, 0.2) is 6.61 Å². The number of benzene rings is 1. The Balaban J connectivity index is 1.86. The topological polar surface area (TPSA) is 76.1 Å². The number of carbonyl (C=O) groups is 3. The van der Waals surface area contributed by atoms with Crippen LogP contribution < -0.4 is 4.90 Å². The van der Waals surface area contributed by atoms with Gasteiger partial charge in [0, 0.05) is 38.6 Å². The highest BCUT2D eigenvalue weighted by Crippen LogP contribution is 2.20. The lowest BCUT2D eigenvalue weighted by Crippen LogP contribution is -2.46. The maximum atomic E-state index is 12.2. The minimum atomic E-state index is -0.547. The fraction of sp³-hybridized carbons (Fsp3) is 0.471. The van der Waals surface area contributed by atoms with Crippen LogP contribution >= 0.6 is 11.8 Å². The third kappa shape index (κ3) is 5.12. The third-order valence-electron chi connectivity index (χ3n) is 3.83. The second kappa shape index (κ2) is 8.75. The average molecular weight is 366 g/mol. The summed E-state index contributed by atoms with van der Waals surface area (Å²) in [5, 5.41) is -0.392. The zero-order chi connectivity index (χ0) is 18.4. The number of nitrogens with zero attached hydrogens (tertiary/aromatic N) is 2. The summed E-state index contributed by atoms with van der Waals surface area (Å²) < 4.78 is 9.81. The smallest absolute Gasteiger partial charge is 0.338 e. The zero-order valence-corrected chi connectivity index (χ0v) is 15.4. The number of rotatable bonds is 5. The molecular formula is C17H22N2O5S. The molecule has 1 aliphatic rings. The number of hydrogen-bond donors (Lipinski definition) is 0. The van der Waals surface area contributed by atoms with Crippen LogP contribution in [0.15, 0.2) is 24.3 Å². The number of esters is 2. The van der Waals surface area contributed by atoms with Crippen LogP contribution in [0.4, 0.5) is 5.69 Å². The molecule has 25 heavy (non-hydrogen) atoms. The van der Waals surface area contributed by atoms with E-state index in [1.54, 1.807) is 24.3 Å². The van der Waals surface area contributed by atoms with Gasteiger partial charge in [-0.25, -0.2) is 4.79 Å². The van der Waals surface area contributed by atoms with Crippen molar-refractivity contribution in [3.63, 3.8) is 0 Å². The van der Waals surface area contributed by atoms with Crippen molar-refractivity contribution in [3.8, 4) is 0 Å². The lowest BCUT2D eigenvalue weighted by atomic mass is 10.2. The van der Waals surface area contributed by atoms with Gasteiger partial charge in [-0.05, 0) is 24.3 Å². The third-order valence-corrected chi connectivity index (χ3v) is 4.99. The van der Waals surface area contributed by atoms with Crippen LogP contribution in [-0.2, 0) is 19.1 Å². The number of ether oxygens (including phenoxy) is 2. The Hall–Kier alpha value is -2.22. The predicted molar refractivity (Wildman–Crippen MR) is 95.9 cm³/mol. The Morgan fingerprint density at radius 3 is 2.52 bits per heavy atom. The first kappa shape index (κ1) is 19.1. The number of anilines is 1. The molecule has 1 aliphatic heterocycles. The van der Waals surface area contributed by atoms with E-state index in [2.05, 4.69) is 0 Å². The van der Waals surface area contributed by atoms with Gasteiger partial charge in [0.1, 0.15) is 5.25 Å². The van der Waals surface area contributed by atoms with Gasteiger partial charge >= 0.3 is 11.9 Å². The molecule has 1 fully saturated rings. The molecule has 1 saturated heterocycles. The van der Waals surface area contributed by atoms with E-state index in [9.17, 15) is 14.4 Å². The van der Waals surface area contributed by atoms with E-state index in [-0.39, 0.29) is 25.0 Å². The molecule has 0 unspecified atom stereocenters. The molecule has 0 aromatic heterocycles. The van der Waals surface area contributed by atoms with E-state index in [1.165, 1.54) is 23.8 Å². The maximum Gasteiger partial charge on any atom is 0.338 e. The summed E-state index contributed by atoms with van der Waals surface area (Å²) in [6.45, 7) is 0.449.